The fourth-order valence-electron chi connectivity index (χ4n) is 0.772. The van der Waals surface area contributed by atoms with Crippen molar-refractivity contribution in [3.63, 3.8) is 0 Å². The molecule has 50 valence electrons. The van der Waals surface area contributed by atoms with E-state index in [1.807, 2.05) is 0 Å². The van der Waals surface area contributed by atoms with Gasteiger partial charge >= 0.3 is 5.82 Å². The van der Waals surface area contributed by atoms with Gasteiger partial charge in [0.15, 0.2) is 14.2 Å². The largest absolute Gasteiger partial charge is 0.394 e. The molecule has 0 saturated heterocycles. The summed E-state index contributed by atoms with van der Waals surface area (Å²) in [5, 5.41) is 0. The average Bonchev–Trinajstić information content (AvgIpc) is 2.36. The first kappa shape index (κ1) is 5.68. The fraction of sp³-hybridized carbons (Fsp3) is 0.250. The zero-order valence-corrected chi connectivity index (χ0v) is 5.98. The monoisotopic (exact) mass is 155 g/mol. The minimum absolute atomic E-state index is 0.152. The predicted molar refractivity (Wildman–Crippen MR) is 37.3 cm³/mol. The third kappa shape index (κ3) is 0.675. The van der Waals surface area contributed by atoms with Gasteiger partial charge in [-0.1, -0.05) is 4.91 Å². The van der Waals surface area contributed by atoms with E-state index in [-0.39, 0.29) is 15.2 Å². The Morgan fingerprint density at radius 2 is 2.50 bits per heavy atom. The Bertz CT molecular complexity index is 304. The first-order valence-electron chi connectivity index (χ1n) is 2.73. The zero-order chi connectivity index (χ0) is 6.97. The van der Waals surface area contributed by atoms with E-state index in [1.54, 1.807) is 6.21 Å². The minimum Gasteiger partial charge on any atom is -0.243 e. The molecule has 1 atom stereocenters. The highest BCUT2D eigenvalue weighted by atomic mass is 31.1. The van der Waals surface area contributed by atoms with Gasteiger partial charge in [-0.15, -0.1) is 0 Å². The lowest BCUT2D eigenvalue weighted by Gasteiger charge is -1.92. The maximum atomic E-state index is 10.9. The Morgan fingerprint density at radius 1 is 1.60 bits per heavy atom. The lowest BCUT2D eigenvalue weighted by Crippen LogP contribution is -2.08. The van der Waals surface area contributed by atoms with Gasteiger partial charge < -0.3 is 0 Å². The van der Waals surface area contributed by atoms with E-state index in [2.05, 4.69) is 14.5 Å². The second-order valence-corrected chi connectivity index (χ2v) is 2.51. The fourth-order valence-corrected chi connectivity index (χ4v) is 1.41. The molecule has 1 aromatic heterocycles. The molecule has 0 aromatic carbocycles. The lowest BCUT2D eigenvalue weighted by atomic mass is 10.4. The predicted octanol–water partition coefficient (Wildman–Crippen LogP) is 0.308. The second-order valence-electron chi connectivity index (χ2n) is 1.86. The van der Waals surface area contributed by atoms with Crippen LogP contribution in [0, 0.1) is 4.91 Å². The number of fused-ring (bicyclic) bond motifs is 1. The summed E-state index contributed by atoms with van der Waals surface area (Å²) in [6, 6.07) is 0. The summed E-state index contributed by atoms with van der Waals surface area (Å²) >= 11 is 0. The Labute approximate surface area is 58.0 Å². The molecule has 1 aliphatic heterocycles. The van der Waals surface area contributed by atoms with Crippen LogP contribution in [0.25, 0.3) is 0 Å². The molecule has 0 spiro atoms. The molecule has 2 heterocycles. The zero-order valence-electron chi connectivity index (χ0n) is 4.98. The van der Waals surface area contributed by atoms with Gasteiger partial charge in [-0.05, 0) is 4.75 Å². The van der Waals surface area contributed by atoms with Crippen molar-refractivity contribution < 1.29 is 4.76 Å². The standard InChI is InChI=1S/C4H4N4OP/c9-8-2-5-1-3-4(8)7-10-6-3/h1,10H,2H2/q+1. The smallest absolute Gasteiger partial charge is 0.243 e. The molecule has 6 heteroatoms. The van der Waals surface area contributed by atoms with Gasteiger partial charge in [0.25, 0.3) is 0 Å². The van der Waals surface area contributed by atoms with E-state index in [9.17, 15) is 4.91 Å². The van der Waals surface area contributed by atoms with E-state index < -0.39 is 0 Å². The van der Waals surface area contributed by atoms with Crippen LogP contribution in [0.1, 0.15) is 5.69 Å². The summed E-state index contributed by atoms with van der Waals surface area (Å²) in [4.78, 5) is 14.7. The lowest BCUT2D eigenvalue weighted by molar-refractivity contribution is -0.465. The molecule has 0 N–H and O–H groups in total. The van der Waals surface area contributed by atoms with E-state index in [0.29, 0.717) is 11.5 Å². The van der Waals surface area contributed by atoms with Gasteiger partial charge in [0, 0.05) is 4.76 Å². The molecule has 1 unspecified atom stereocenters. The number of aromatic nitrogens is 2. The summed E-state index contributed by atoms with van der Waals surface area (Å²) in [6.07, 6.45) is 1.59. The molecular weight excluding hydrogens is 151 g/mol. The molecule has 1 aliphatic rings. The number of aliphatic imine (C=N–C) groups is 1. The highest BCUT2D eigenvalue weighted by Gasteiger charge is 2.23. The first-order valence-corrected chi connectivity index (χ1v) is 3.62. The molecule has 5 nitrogen and oxygen atoms in total. The third-order valence-corrected chi connectivity index (χ3v) is 1.87. The summed E-state index contributed by atoms with van der Waals surface area (Å²) in [5.41, 5.74) is 0.625. The molecular formula is C4H4N4OP+. The van der Waals surface area contributed by atoms with Crippen LogP contribution < -0.4 is 0 Å². The normalized spacial score (nSPS) is 16.2. The minimum atomic E-state index is 0.152. The first-order chi connectivity index (χ1) is 4.88. The summed E-state index contributed by atoms with van der Waals surface area (Å²) < 4.78 is 8.61. The average molecular weight is 155 g/mol. The van der Waals surface area contributed by atoms with E-state index in [0.717, 1.165) is 4.76 Å². The van der Waals surface area contributed by atoms with Crippen molar-refractivity contribution in [2.24, 2.45) is 4.99 Å². The molecule has 0 radical (unpaired) electrons. The molecule has 0 saturated carbocycles. The molecule has 1 aromatic rings. The van der Waals surface area contributed by atoms with Crippen LogP contribution in [0.3, 0.4) is 0 Å². The van der Waals surface area contributed by atoms with Crippen molar-refractivity contribution in [3.8, 4) is 0 Å². The highest BCUT2D eigenvalue weighted by Crippen LogP contribution is 2.18. The van der Waals surface area contributed by atoms with Crippen LogP contribution in [0.4, 0.5) is 5.82 Å². The van der Waals surface area contributed by atoms with E-state index in [4.69, 9.17) is 0 Å². The van der Waals surface area contributed by atoms with Crippen molar-refractivity contribution in [3.05, 3.63) is 10.6 Å². The van der Waals surface area contributed by atoms with Crippen LogP contribution >= 0.6 is 8.51 Å². The van der Waals surface area contributed by atoms with Crippen molar-refractivity contribution in [2.45, 2.75) is 0 Å². The van der Waals surface area contributed by atoms with Gasteiger partial charge in [0.1, 0.15) is 0 Å². The summed E-state index contributed by atoms with van der Waals surface area (Å²) in [5.74, 6) is 0.438. The van der Waals surface area contributed by atoms with Crippen LogP contribution in [0.5, 0.6) is 0 Å². The molecule has 10 heavy (non-hydrogen) atoms. The number of rotatable bonds is 0. The molecule has 0 bridgehead atoms. The molecule has 2 rings (SSSR count). The van der Waals surface area contributed by atoms with Crippen molar-refractivity contribution in [2.75, 3.05) is 6.67 Å². The Hall–Kier alpha value is -1.09. The third-order valence-electron chi connectivity index (χ3n) is 1.22. The number of hydrogen-bond acceptors (Lipinski definition) is 4. The van der Waals surface area contributed by atoms with Gasteiger partial charge in [0.05, 0.1) is 6.21 Å². The maximum Gasteiger partial charge on any atom is 0.394 e. The van der Waals surface area contributed by atoms with E-state index >= 15 is 0 Å². The van der Waals surface area contributed by atoms with Gasteiger partial charge in [0.2, 0.25) is 6.67 Å². The number of hydrogen-bond donors (Lipinski definition) is 0. The van der Waals surface area contributed by atoms with Crippen LogP contribution in [-0.4, -0.2) is 27.1 Å². The molecule has 0 amide bonds. The highest BCUT2D eigenvalue weighted by molar-refractivity contribution is 7.20. The molecule has 0 fully saturated rings. The molecule has 0 aliphatic carbocycles. The van der Waals surface area contributed by atoms with Gasteiger partial charge in [-0.2, -0.15) is 4.75 Å². The van der Waals surface area contributed by atoms with Crippen LogP contribution in [-0.2, 0) is 0 Å². The Balaban J connectivity index is 2.62. The van der Waals surface area contributed by atoms with Gasteiger partial charge in [-0.3, -0.25) is 0 Å². The van der Waals surface area contributed by atoms with Crippen LogP contribution in [0.15, 0.2) is 4.99 Å². The van der Waals surface area contributed by atoms with Gasteiger partial charge in [-0.25, -0.2) is 4.99 Å². The number of nitrogens with zero attached hydrogens (tertiary/aromatic N) is 4. The quantitative estimate of drug-likeness (QED) is 0.506. The van der Waals surface area contributed by atoms with Crippen LogP contribution in [0.2, 0.25) is 0 Å². The van der Waals surface area contributed by atoms with E-state index in [1.165, 1.54) is 0 Å². The summed E-state index contributed by atoms with van der Waals surface area (Å²) in [7, 11) is 0.152. The van der Waals surface area contributed by atoms with Crippen molar-refractivity contribution in [1.82, 2.24) is 9.49 Å². The second kappa shape index (κ2) is 1.95. The Kier molecular flexibility index (Phi) is 1.11. The summed E-state index contributed by atoms with van der Waals surface area (Å²) in [6.45, 7) is 0.155. The topological polar surface area (TPSA) is 58.2 Å². The van der Waals surface area contributed by atoms with Crippen molar-refractivity contribution in [1.29, 1.82) is 0 Å². The van der Waals surface area contributed by atoms with Crippen molar-refractivity contribution >= 4 is 20.5 Å². The number of nitroso groups, excluding NO2 is 1. The SMILES string of the molecule is O=[N+]1CN=Cc2n[pH]nc21. The Morgan fingerprint density at radius 3 is 3.30 bits per heavy atom. The maximum absolute atomic E-state index is 10.9.